The quantitative estimate of drug-likeness (QED) is 0.565. The topological polar surface area (TPSA) is 53.3 Å². The monoisotopic (exact) mass is 276 g/mol. The summed E-state index contributed by atoms with van der Waals surface area (Å²) in [5.41, 5.74) is 0.530. The van der Waals surface area contributed by atoms with Crippen LogP contribution in [0.15, 0.2) is 63.8 Å². The molecule has 0 aliphatic rings. The average Bonchev–Trinajstić information content (AvgIpc) is 2.44. The Kier molecular flexibility index (Phi) is 4.60. The van der Waals surface area contributed by atoms with Gasteiger partial charge in [0, 0.05) is 5.56 Å². The van der Waals surface area contributed by atoms with Crippen LogP contribution in [0.3, 0.4) is 0 Å². The molecule has 0 aliphatic heterocycles. The number of rotatable bonds is 1. The van der Waals surface area contributed by atoms with E-state index in [1.807, 2.05) is 6.07 Å². The van der Waals surface area contributed by atoms with Crippen molar-refractivity contribution in [3.8, 4) is 17.1 Å². The van der Waals surface area contributed by atoms with E-state index in [0.29, 0.717) is 16.5 Å². The smallest absolute Gasteiger partial charge is 0.867 e. The third-order valence-electron chi connectivity index (χ3n) is 2.79. The molecule has 0 amide bonds. The second-order valence-electron chi connectivity index (χ2n) is 3.95. The third kappa shape index (κ3) is 2.68. The molecule has 0 saturated heterocycles. The SMILES string of the molecule is O=c1c([O-])c(-c2ccccc2)oc2ccccc12.[K+]. The standard InChI is InChI=1S/C15H10O3.K/c16-13-11-8-4-5-9-12(11)18-15(14(13)17)10-6-2-1-3-7-10;/h1-9,17H;/q;+1/p-1. The van der Waals surface area contributed by atoms with Gasteiger partial charge in [-0.3, -0.25) is 4.79 Å². The van der Waals surface area contributed by atoms with Crippen molar-refractivity contribution in [2.24, 2.45) is 0 Å². The molecule has 0 atom stereocenters. The second kappa shape index (κ2) is 6.03. The van der Waals surface area contributed by atoms with E-state index < -0.39 is 11.2 Å². The van der Waals surface area contributed by atoms with E-state index in [1.54, 1.807) is 48.5 Å². The predicted octanol–water partition coefficient (Wildman–Crippen LogP) is -0.462. The van der Waals surface area contributed by atoms with E-state index in [0.717, 1.165) is 0 Å². The van der Waals surface area contributed by atoms with Gasteiger partial charge in [-0.2, -0.15) is 0 Å². The van der Waals surface area contributed by atoms with Gasteiger partial charge >= 0.3 is 51.4 Å². The van der Waals surface area contributed by atoms with Gasteiger partial charge in [-0.1, -0.05) is 42.5 Å². The minimum Gasteiger partial charge on any atom is -0.867 e. The van der Waals surface area contributed by atoms with Gasteiger partial charge in [0.1, 0.15) is 11.3 Å². The maximum absolute atomic E-state index is 12.0. The summed E-state index contributed by atoms with van der Waals surface area (Å²) in [4.78, 5) is 11.9. The Balaban J connectivity index is 0.00000133. The zero-order valence-electron chi connectivity index (χ0n) is 10.4. The summed E-state index contributed by atoms with van der Waals surface area (Å²) in [7, 11) is 0. The first-order chi connectivity index (χ1) is 8.77. The van der Waals surface area contributed by atoms with Crippen molar-refractivity contribution in [1.82, 2.24) is 0 Å². The van der Waals surface area contributed by atoms with Crippen LogP contribution in [0.25, 0.3) is 22.3 Å². The van der Waals surface area contributed by atoms with Gasteiger partial charge in [0.05, 0.1) is 5.39 Å². The van der Waals surface area contributed by atoms with Crippen LogP contribution in [0.5, 0.6) is 5.75 Å². The van der Waals surface area contributed by atoms with Gasteiger partial charge in [0.15, 0.2) is 5.43 Å². The van der Waals surface area contributed by atoms with E-state index in [9.17, 15) is 9.90 Å². The van der Waals surface area contributed by atoms with Crippen LogP contribution in [-0.4, -0.2) is 0 Å². The summed E-state index contributed by atoms with van der Waals surface area (Å²) in [6.45, 7) is 0. The van der Waals surface area contributed by atoms with Crippen LogP contribution in [0.2, 0.25) is 0 Å². The van der Waals surface area contributed by atoms with E-state index >= 15 is 0 Å². The predicted molar refractivity (Wildman–Crippen MR) is 67.4 cm³/mol. The molecule has 0 radical (unpaired) electrons. The molecule has 3 rings (SSSR count). The molecule has 0 unspecified atom stereocenters. The maximum atomic E-state index is 12.0. The molecule has 0 aliphatic carbocycles. The molecule has 88 valence electrons. The summed E-state index contributed by atoms with van der Waals surface area (Å²) < 4.78 is 5.55. The van der Waals surface area contributed by atoms with Crippen molar-refractivity contribution in [1.29, 1.82) is 0 Å². The van der Waals surface area contributed by atoms with Gasteiger partial charge < -0.3 is 9.52 Å². The zero-order valence-corrected chi connectivity index (χ0v) is 13.5. The Morgan fingerprint density at radius 2 is 1.53 bits per heavy atom. The van der Waals surface area contributed by atoms with E-state index in [4.69, 9.17) is 4.42 Å². The Bertz CT molecular complexity index is 763. The number of benzene rings is 2. The summed E-state index contributed by atoms with van der Waals surface area (Å²) in [5.74, 6) is -0.501. The van der Waals surface area contributed by atoms with Crippen molar-refractivity contribution in [3.05, 3.63) is 64.8 Å². The first kappa shape index (κ1) is 14.5. The minimum absolute atomic E-state index is 0. The van der Waals surface area contributed by atoms with E-state index in [2.05, 4.69) is 0 Å². The van der Waals surface area contributed by atoms with Crippen molar-refractivity contribution < 1.29 is 60.9 Å². The van der Waals surface area contributed by atoms with Crippen molar-refractivity contribution in [2.45, 2.75) is 0 Å². The molecular formula is C15H9KO3. The second-order valence-corrected chi connectivity index (χ2v) is 3.95. The molecule has 2 aromatic carbocycles. The van der Waals surface area contributed by atoms with E-state index in [1.165, 1.54) is 0 Å². The third-order valence-corrected chi connectivity index (χ3v) is 2.79. The fraction of sp³-hybridized carbons (Fsp3) is 0. The Hall–Kier alpha value is -0.914. The fourth-order valence-corrected chi connectivity index (χ4v) is 1.90. The molecule has 0 bridgehead atoms. The first-order valence-electron chi connectivity index (χ1n) is 5.55. The molecule has 1 heterocycles. The summed E-state index contributed by atoms with van der Waals surface area (Å²) >= 11 is 0. The number of fused-ring (bicyclic) bond motifs is 1. The summed E-state index contributed by atoms with van der Waals surface area (Å²) in [6.07, 6.45) is 0. The molecule has 0 N–H and O–H groups in total. The Morgan fingerprint density at radius 3 is 2.26 bits per heavy atom. The normalized spacial score (nSPS) is 10.1. The molecule has 1 aromatic heterocycles. The van der Waals surface area contributed by atoms with Crippen LogP contribution < -0.4 is 61.9 Å². The van der Waals surface area contributed by atoms with Gasteiger partial charge in [-0.25, -0.2) is 0 Å². The van der Waals surface area contributed by atoms with E-state index in [-0.39, 0.29) is 57.1 Å². The molecule has 3 nitrogen and oxygen atoms in total. The minimum atomic E-state index is -0.597. The van der Waals surface area contributed by atoms with Crippen LogP contribution in [0.1, 0.15) is 0 Å². The van der Waals surface area contributed by atoms with Gasteiger partial charge in [-0.15, -0.1) is 0 Å². The molecule has 0 fully saturated rings. The number of hydrogen-bond acceptors (Lipinski definition) is 3. The Labute approximate surface area is 152 Å². The number of hydrogen-bond donors (Lipinski definition) is 0. The molecule has 19 heavy (non-hydrogen) atoms. The molecule has 0 saturated carbocycles. The van der Waals surface area contributed by atoms with Gasteiger partial charge in [0.25, 0.3) is 0 Å². The Morgan fingerprint density at radius 1 is 0.895 bits per heavy atom. The summed E-state index contributed by atoms with van der Waals surface area (Å²) in [6, 6.07) is 15.7. The van der Waals surface area contributed by atoms with Crippen LogP contribution >= 0.6 is 0 Å². The van der Waals surface area contributed by atoms with Crippen LogP contribution in [0, 0.1) is 0 Å². The molecular weight excluding hydrogens is 267 g/mol. The maximum Gasteiger partial charge on any atom is 1.00 e. The van der Waals surface area contributed by atoms with Crippen molar-refractivity contribution in [3.63, 3.8) is 0 Å². The molecule has 0 spiro atoms. The number of para-hydroxylation sites is 1. The zero-order chi connectivity index (χ0) is 12.5. The van der Waals surface area contributed by atoms with Crippen LogP contribution in [0.4, 0.5) is 0 Å². The summed E-state index contributed by atoms with van der Waals surface area (Å²) in [5, 5.41) is 12.3. The molecule has 4 heteroatoms. The van der Waals surface area contributed by atoms with Gasteiger partial charge in [0.2, 0.25) is 0 Å². The van der Waals surface area contributed by atoms with Crippen LogP contribution in [-0.2, 0) is 0 Å². The molecule has 3 aromatic rings. The largest absolute Gasteiger partial charge is 1.00 e. The first-order valence-corrected chi connectivity index (χ1v) is 5.55. The van der Waals surface area contributed by atoms with Gasteiger partial charge in [-0.05, 0) is 17.9 Å². The van der Waals surface area contributed by atoms with Crippen molar-refractivity contribution in [2.75, 3.05) is 0 Å². The fourth-order valence-electron chi connectivity index (χ4n) is 1.90. The average molecular weight is 276 g/mol. The van der Waals surface area contributed by atoms with Crippen molar-refractivity contribution >= 4 is 11.0 Å².